The Morgan fingerprint density at radius 2 is 2.00 bits per heavy atom. The first-order valence-corrected chi connectivity index (χ1v) is 7.76. The molecule has 1 N–H and O–H groups in total. The molecule has 2 aromatic carbocycles. The summed E-state index contributed by atoms with van der Waals surface area (Å²) in [6.07, 6.45) is 4.07. The van der Waals surface area contributed by atoms with Crippen LogP contribution in [-0.2, 0) is 19.4 Å². The first-order valence-electron chi connectivity index (χ1n) is 7.76. The quantitative estimate of drug-likeness (QED) is 0.831. The van der Waals surface area contributed by atoms with Crippen molar-refractivity contribution in [2.45, 2.75) is 19.4 Å². The molecular weight excluding hydrogens is 274 g/mol. The Kier molecular flexibility index (Phi) is 4.96. The number of rotatable bonds is 6. The molecule has 115 valence electrons. The van der Waals surface area contributed by atoms with Crippen LogP contribution >= 0.6 is 0 Å². The largest absolute Gasteiger partial charge is 0.496 e. The Morgan fingerprint density at radius 3 is 2.82 bits per heavy atom. The molecule has 3 rings (SSSR count). The predicted molar refractivity (Wildman–Crippen MR) is 88.3 cm³/mol. The summed E-state index contributed by atoms with van der Waals surface area (Å²) in [5.41, 5.74) is 3.84. The van der Waals surface area contributed by atoms with Crippen LogP contribution in [0, 0.1) is 6.42 Å². The SMILES string of the molecule is COc1ccc2c(c1CCNCc1ccccc1)C[CH]CO2. The fourth-order valence-corrected chi connectivity index (χ4v) is 2.87. The predicted octanol–water partition coefficient (Wildman–Crippen LogP) is 3.17. The summed E-state index contributed by atoms with van der Waals surface area (Å²) >= 11 is 0. The van der Waals surface area contributed by atoms with Crippen LogP contribution in [0.2, 0.25) is 0 Å². The third kappa shape index (κ3) is 3.42. The number of fused-ring (bicyclic) bond motifs is 1. The van der Waals surface area contributed by atoms with E-state index in [0.717, 1.165) is 37.4 Å². The molecule has 0 aliphatic carbocycles. The highest BCUT2D eigenvalue weighted by molar-refractivity contribution is 5.50. The van der Waals surface area contributed by atoms with Gasteiger partial charge in [0, 0.05) is 24.1 Å². The monoisotopic (exact) mass is 296 g/mol. The lowest BCUT2D eigenvalue weighted by molar-refractivity contribution is 0.325. The van der Waals surface area contributed by atoms with Crippen molar-refractivity contribution in [1.82, 2.24) is 5.32 Å². The van der Waals surface area contributed by atoms with E-state index in [4.69, 9.17) is 9.47 Å². The molecule has 22 heavy (non-hydrogen) atoms. The second-order valence-electron chi connectivity index (χ2n) is 5.44. The fraction of sp³-hybridized carbons (Fsp3) is 0.316. The van der Waals surface area contributed by atoms with E-state index in [1.807, 2.05) is 18.2 Å². The van der Waals surface area contributed by atoms with Gasteiger partial charge in [0.15, 0.2) is 0 Å². The minimum atomic E-state index is 0.699. The van der Waals surface area contributed by atoms with Gasteiger partial charge in [-0.05, 0) is 37.1 Å². The van der Waals surface area contributed by atoms with E-state index in [0.29, 0.717) is 6.61 Å². The maximum absolute atomic E-state index is 5.71. The smallest absolute Gasteiger partial charge is 0.123 e. The van der Waals surface area contributed by atoms with Gasteiger partial charge in [-0.2, -0.15) is 0 Å². The minimum Gasteiger partial charge on any atom is -0.496 e. The van der Waals surface area contributed by atoms with Crippen molar-refractivity contribution in [2.24, 2.45) is 0 Å². The Morgan fingerprint density at radius 1 is 1.14 bits per heavy atom. The molecule has 1 aliphatic rings. The van der Waals surface area contributed by atoms with Crippen LogP contribution < -0.4 is 14.8 Å². The second-order valence-corrected chi connectivity index (χ2v) is 5.44. The van der Waals surface area contributed by atoms with Crippen molar-refractivity contribution in [3.63, 3.8) is 0 Å². The van der Waals surface area contributed by atoms with E-state index in [1.54, 1.807) is 7.11 Å². The molecule has 3 heteroatoms. The lowest BCUT2D eigenvalue weighted by atomic mass is 9.96. The highest BCUT2D eigenvalue weighted by Gasteiger charge is 2.17. The van der Waals surface area contributed by atoms with Gasteiger partial charge in [0.1, 0.15) is 11.5 Å². The average molecular weight is 296 g/mol. The van der Waals surface area contributed by atoms with Crippen molar-refractivity contribution < 1.29 is 9.47 Å². The number of benzene rings is 2. The van der Waals surface area contributed by atoms with Gasteiger partial charge in [-0.25, -0.2) is 0 Å². The molecule has 1 radical (unpaired) electrons. The third-order valence-electron chi connectivity index (χ3n) is 3.99. The summed E-state index contributed by atoms with van der Waals surface area (Å²) in [5, 5.41) is 3.50. The highest BCUT2D eigenvalue weighted by atomic mass is 16.5. The summed E-state index contributed by atoms with van der Waals surface area (Å²) in [6, 6.07) is 14.5. The molecule has 3 nitrogen and oxygen atoms in total. The van der Waals surface area contributed by atoms with Gasteiger partial charge in [-0.1, -0.05) is 30.3 Å². The summed E-state index contributed by atoms with van der Waals surface area (Å²) in [6.45, 7) is 2.51. The molecule has 0 saturated carbocycles. The van der Waals surface area contributed by atoms with Crippen molar-refractivity contribution in [1.29, 1.82) is 0 Å². The molecule has 0 atom stereocenters. The number of hydrogen-bond acceptors (Lipinski definition) is 3. The number of ether oxygens (including phenoxy) is 2. The summed E-state index contributed by atoms with van der Waals surface area (Å²) < 4.78 is 11.2. The van der Waals surface area contributed by atoms with E-state index < -0.39 is 0 Å². The van der Waals surface area contributed by atoms with Crippen LogP contribution in [0.15, 0.2) is 42.5 Å². The molecular formula is C19H22NO2. The molecule has 0 bridgehead atoms. The molecule has 1 aliphatic heterocycles. The molecule has 0 spiro atoms. The van der Waals surface area contributed by atoms with Crippen molar-refractivity contribution in [3.05, 3.63) is 65.6 Å². The molecule has 0 aromatic heterocycles. The normalized spacial score (nSPS) is 13.3. The Balaban J connectivity index is 1.64. The van der Waals surface area contributed by atoms with E-state index in [-0.39, 0.29) is 0 Å². The molecule has 0 fully saturated rings. The van der Waals surface area contributed by atoms with Crippen molar-refractivity contribution in [2.75, 3.05) is 20.3 Å². The van der Waals surface area contributed by atoms with Crippen LogP contribution in [0.3, 0.4) is 0 Å². The number of hydrogen-bond donors (Lipinski definition) is 1. The molecule has 0 saturated heterocycles. The Hall–Kier alpha value is -2.00. The van der Waals surface area contributed by atoms with Crippen LogP contribution in [-0.4, -0.2) is 20.3 Å². The summed E-state index contributed by atoms with van der Waals surface area (Å²) in [5.74, 6) is 1.96. The van der Waals surface area contributed by atoms with E-state index in [1.165, 1.54) is 16.7 Å². The first-order chi connectivity index (χ1) is 10.9. The van der Waals surface area contributed by atoms with E-state index in [2.05, 4.69) is 36.0 Å². The lowest BCUT2D eigenvalue weighted by Crippen LogP contribution is -2.19. The topological polar surface area (TPSA) is 30.5 Å². The zero-order chi connectivity index (χ0) is 15.2. The van der Waals surface area contributed by atoms with Crippen molar-refractivity contribution >= 4 is 0 Å². The zero-order valence-electron chi connectivity index (χ0n) is 13.0. The number of nitrogens with one attached hydrogen (secondary N) is 1. The average Bonchev–Trinajstić information content (AvgIpc) is 2.59. The van der Waals surface area contributed by atoms with Gasteiger partial charge in [0.25, 0.3) is 0 Å². The maximum Gasteiger partial charge on any atom is 0.123 e. The van der Waals surface area contributed by atoms with Gasteiger partial charge in [-0.3, -0.25) is 0 Å². The van der Waals surface area contributed by atoms with Gasteiger partial charge in [0.05, 0.1) is 13.7 Å². The summed E-state index contributed by atoms with van der Waals surface area (Å²) in [4.78, 5) is 0. The van der Waals surface area contributed by atoms with Gasteiger partial charge < -0.3 is 14.8 Å². The van der Waals surface area contributed by atoms with Gasteiger partial charge in [-0.15, -0.1) is 0 Å². The number of methoxy groups -OCH3 is 1. The zero-order valence-corrected chi connectivity index (χ0v) is 13.0. The second kappa shape index (κ2) is 7.32. The van der Waals surface area contributed by atoms with Gasteiger partial charge in [0.2, 0.25) is 0 Å². The van der Waals surface area contributed by atoms with Crippen LogP contribution in [0.25, 0.3) is 0 Å². The molecule has 1 heterocycles. The van der Waals surface area contributed by atoms with Crippen LogP contribution in [0.5, 0.6) is 11.5 Å². The van der Waals surface area contributed by atoms with E-state index in [9.17, 15) is 0 Å². The lowest BCUT2D eigenvalue weighted by Gasteiger charge is -2.22. The van der Waals surface area contributed by atoms with Gasteiger partial charge >= 0.3 is 0 Å². The highest BCUT2D eigenvalue weighted by Crippen LogP contribution is 2.33. The Labute approximate surface area is 132 Å². The third-order valence-corrected chi connectivity index (χ3v) is 3.99. The summed E-state index contributed by atoms with van der Waals surface area (Å²) in [7, 11) is 1.73. The maximum atomic E-state index is 5.71. The van der Waals surface area contributed by atoms with Crippen LogP contribution in [0.4, 0.5) is 0 Å². The fourth-order valence-electron chi connectivity index (χ4n) is 2.87. The minimum absolute atomic E-state index is 0.699. The van der Waals surface area contributed by atoms with Crippen molar-refractivity contribution in [3.8, 4) is 11.5 Å². The molecule has 2 aromatic rings. The van der Waals surface area contributed by atoms with E-state index >= 15 is 0 Å². The molecule has 0 amide bonds. The standard InChI is InChI=1S/C19H22NO2/c1-21-18-9-10-19-16(8-5-13-22-19)17(18)11-12-20-14-15-6-3-2-4-7-15/h2-7,9-10,20H,8,11-14H2,1H3. The first kappa shape index (κ1) is 14.9. The Bertz CT molecular complexity index is 610. The molecule has 0 unspecified atom stereocenters. The van der Waals surface area contributed by atoms with Crippen LogP contribution in [0.1, 0.15) is 16.7 Å².